The lowest BCUT2D eigenvalue weighted by Crippen LogP contribution is -2.39. The van der Waals surface area contributed by atoms with E-state index in [-0.39, 0.29) is 11.9 Å². The Balaban J connectivity index is 3.49. The van der Waals surface area contributed by atoms with E-state index >= 15 is 0 Å². The van der Waals surface area contributed by atoms with Crippen molar-refractivity contribution in [2.45, 2.75) is 46.1 Å². The molecule has 2 N–H and O–H groups in total. The van der Waals surface area contributed by atoms with Crippen molar-refractivity contribution in [3.05, 3.63) is 12.7 Å². The molecule has 0 aromatic carbocycles. The number of hydrogen-bond acceptors (Lipinski definition) is 2. The van der Waals surface area contributed by atoms with E-state index in [2.05, 4.69) is 38.0 Å². The predicted molar refractivity (Wildman–Crippen MR) is 69.4 cm³/mol. The molecule has 0 spiro atoms. The van der Waals surface area contributed by atoms with Gasteiger partial charge in [0, 0.05) is 12.6 Å². The summed E-state index contributed by atoms with van der Waals surface area (Å²) in [6.07, 6.45) is 5.22. The molecule has 0 saturated carbocycles. The number of nitrogens with one attached hydrogen (secondary N) is 2. The van der Waals surface area contributed by atoms with Crippen molar-refractivity contribution >= 4 is 5.91 Å². The van der Waals surface area contributed by atoms with Crippen molar-refractivity contribution < 1.29 is 4.79 Å². The summed E-state index contributed by atoms with van der Waals surface area (Å²) < 4.78 is 0. The number of carbonyl (C=O) groups is 1. The third-order valence-electron chi connectivity index (χ3n) is 2.40. The number of carbonyl (C=O) groups excluding carboxylic acids is 1. The van der Waals surface area contributed by atoms with Crippen LogP contribution in [0.5, 0.6) is 0 Å². The molecular weight excluding hydrogens is 200 g/mol. The molecule has 16 heavy (non-hydrogen) atoms. The predicted octanol–water partition coefficient (Wildman–Crippen LogP) is 2.09. The molecule has 0 aliphatic heterocycles. The van der Waals surface area contributed by atoms with Crippen LogP contribution in [-0.4, -0.2) is 25.0 Å². The molecule has 0 heterocycles. The van der Waals surface area contributed by atoms with Crippen LogP contribution in [0.4, 0.5) is 0 Å². The Bertz CT molecular complexity index is 202. The lowest BCUT2D eigenvalue weighted by atomic mass is 10.0. The van der Waals surface area contributed by atoms with Gasteiger partial charge in [0.15, 0.2) is 0 Å². The zero-order valence-electron chi connectivity index (χ0n) is 10.9. The Morgan fingerprint density at radius 3 is 2.56 bits per heavy atom. The van der Waals surface area contributed by atoms with E-state index in [4.69, 9.17) is 0 Å². The van der Waals surface area contributed by atoms with Gasteiger partial charge in [0.25, 0.3) is 0 Å². The van der Waals surface area contributed by atoms with Gasteiger partial charge in [0.1, 0.15) is 0 Å². The molecular formula is C13H26N2O. The van der Waals surface area contributed by atoms with Gasteiger partial charge in [-0.25, -0.2) is 0 Å². The largest absolute Gasteiger partial charge is 0.353 e. The standard InChI is InChI=1S/C13H26N2O/c1-5-9-14-10-13(16)15-12(4)8-6-7-11(2)3/h5,11-12,14H,1,6-10H2,2-4H3,(H,15,16). The smallest absolute Gasteiger partial charge is 0.234 e. The summed E-state index contributed by atoms with van der Waals surface area (Å²) in [6.45, 7) is 11.1. The van der Waals surface area contributed by atoms with Crippen molar-refractivity contribution in [2.75, 3.05) is 13.1 Å². The molecule has 0 aliphatic carbocycles. The lowest BCUT2D eigenvalue weighted by Gasteiger charge is -2.14. The summed E-state index contributed by atoms with van der Waals surface area (Å²) in [7, 11) is 0. The Morgan fingerprint density at radius 2 is 2.00 bits per heavy atom. The molecule has 3 nitrogen and oxygen atoms in total. The topological polar surface area (TPSA) is 41.1 Å². The minimum absolute atomic E-state index is 0.0684. The molecule has 3 heteroatoms. The second-order valence-corrected chi connectivity index (χ2v) is 4.71. The molecule has 0 aliphatic rings. The van der Waals surface area contributed by atoms with E-state index in [1.165, 1.54) is 12.8 Å². The Hall–Kier alpha value is -0.830. The van der Waals surface area contributed by atoms with Crippen molar-refractivity contribution in [3.63, 3.8) is 0 Å². The second-order valence-electron chi connectivity index (χ2n) is 4.71. The second kappa shape index (κ2) is 9.40. The summed E-state index contributed by atoms with van der Waals surface area (Å²) in [5, 5.41) is 5.96. The van der Waals surface area contributed by atoms with Crippen LogP contribution in [0.3, 0.4) is 0 Å². The van der Waals surface area contributed by atoms with E-state index in [9.17, 15) is 4.79 Å². The van der Waals surface area contributed by atoms with Crippen LogP contribution in [0.1, 0.15) is 40.0 Å². The summed E-state index contributed by atoms with van der Waals surface area (Å²) in [5.41, 5.74) is 0. The summed E-state index contributed by atoms with van der Waals surface area (Å²) in [5.74, 6) is 0.816. The van der Waals surface area contributed by atoms with Crippen molar-refractivity contribution in [3.8, 4) is 0 Å². The first-order chi connectivity index (χ1) is 7.56. The van der Waals surface area contributed by atoms with Gasteiger partial charge in [-0.3, -0.25) is 4.79 Å². The zero-order valence-corrected chi connectivity index (χ0v) is 10.9. The van der Waals surface area contributed by atoms with E-state index in [1.54, 1.807) is 6.08 Å². The number of hydrogen-bond donors (Lipinski definition) is 2. The minimum atomic E-state index is 0.0684. The van der Waals surface area contributed by atoms with Gasteiger partial charge in [0.2, 0.25) is 5.91 Å². The average molecular weight is 226 g/mol. The highest BCUT2D eigenvalue weighted by atomic mass is 16.1. The molecule has 0 saturated heterocycles. The molecule has 0 rings (SSSR count). The normalized spacial score (nSPS) is 12.5. The van der Waals surface area contributed by atoms with Gasteiger partial charge < -0.3 is 10.6 Å². The van der Waals surface area contributed by atoms with E-state index in [0.717, 1.165) is 12.3 Å². The van der Waals surface area contributed by atoms with Gasteiger partial charge in [-0.15, -0.1) is 6.58 Å². The highest BCUT2D eigenvalue weighted by molar-refractivity contribution is 5.78. The van der Waals surface area contributed by atoms with Crippen LogP contribution in [0.15, 0.2) is 12.7 Å². The average Bonchev–Trinajstić information content (AvgIpc) is 2.17. The van der Waals surface area contributed by atoms with E-state index in [0.29, 0.717) is 13.1 Å². The first-order valence-corrected chi connectivity index (χ1v) is 6.17. The molecule has 1 amide bonds. The fourth-order valence-electron chi connectivity index (χ4n) is 1.52. The van der Waals surface area contributed by atoms with Gasteiger partial charge >= 0.3 is 0 Å². The summed E-state index contributed by atoms with van der Waals surface area (Å²) in [6, 6.07) is 0.275. The van der Waals surface area contributed by atoms with Gasteiger partial charge in [-0.2, -0.15) is 0 Å². The molecule has 0 bridgehead atoms. The number of rotatable bonds is 9. The van der Waals surface area contributed by atoms with Crippen molar-refractivity contribution in [2.24, 2.45) is 5.92 Å². The fourth-order valence-corrected chi connectivity index (χ4v) is 1.52. The Labute approximate surface area is 99.7 Å². The fraction of sp³-hybridized carbons (Fsp3) is 0.769. The quantitative estimate of drug-likeness (QED) is 0.467. The SMILES string of the molecule is C=CCNCC(=O)NC(C)CCCC(C)C. The highest BCUT2D eigenvalue weighted by Gasteiger charge is 2.06. The van der Waals surface area contributed by atoms with E-state index < -0.39 is 0 Å². The molecule has 0 aromatic rings. The molecule has 0 fully saturated rings. The minimum Gasteiger partial charge on any atom is -0.353 e. The monoisotopic (exact) mass is 226 g/mol. The van der Waals surface area contributed by atoms with E-state index in [1.807, 2.05) is 0 Å². The third-order valence-corrected chi connectivity index (χ3v) is 2.40. The lowest BCUT2D eigenvalue weighted by molar-refractivity contribution is -0.120. The van der Waals surface area contributed by atoms with Crippen molar-refractivity contribution in [1.29, 1.82) is 0 Å². The first kappa shape index (κ1) is 15.2. The van der Waals surface area contributed by atoms with Gasteiger partial charge in [0.05, 0.1) is 6.54 Å². The summed E-state index contributed by atoms with van der Waals surface area (Å²) >= 11 is 0. The first-order valence-electron chi connectivity index (χ1n) is 6.17. The molecule has 0 radical (unpaired) electrons. The van der Waals surface area contributed by atoms with Crippen molar-refractivity contribution in [1.82, 2.24) is 10.6 Å². The van der Waals surface area contributed by atoms with Crippen LogP contribution >= 0.6 is 0 Å². The Kier molecular flexibility index (Phi) is 8.91. The molecule has 1 atom stereocenters. The van der Waals surface area contributed by atoms with Gasteiger partial charge in [-0.05, 0) is 19.3 Å². The van der Waals surface area contributed by atoms with Crippen LogP contribution in [0.25, 0.3) is 0 Å². The highest BCUT2D eigenvalue weighted by Crippen LogP contribution is 2.07. The summed E-state index contributed by atoms with van der Waals surface area (Å²) in [4.78, 5) is 11.4. The van der Waals surface area contributed by atoms with Crippen LogP contribution in [-0.2, 0) is 4.79 Å². The van der Waals surface area contributed by atoms with Crippen LogP contribution < -0.4 is 10.6 Å². The van der Waals surface area contributed by atoms with Crippen LogP contribution in [0.2, 0.25) is 0 Å². The van der Waals surface area contributed by atoms with Gasteiger partial charge in [-0.1, -0.05) is 32.8 Å². The van der Waals surface area contributed by atoms with Crippen LogP contribution in [0, 0.1) is 5.92 Å². The zero-order chi connectivity index (χ0) is 12.4. The molecule has 0 aromatic heterocycles. The third kappa shape index (κ3) is 9.71. The number of amides is 1. The maximum atomic E-state index is 11.4. The molecule has 1 unspecified atom stereocenters. The maximum absolute atomic E-state index is 11.4. The molecule has 94 valence electrons. The Morgan fingerprint density at radius 1 is 1.31 bits per heavy atom. The maximum Gasteiger partial charge on any atom is 0.234 e.